The molecule has 8 heteroatoms. The van der Waals surface area contributed by atoms with Gasteiger partial charge in [0.05, 0.1) is 7.11 Å². The van der Waals surface area contributed by atoms with E-state index in [9.17, 15) is 9.50 Å². The third-order valence-electron chi connectivity index (χ3n) is 2.71. The quantitative estimate of drug-likeness (QED) is 0.788. The van der Waals surface area contributed by atoms with Gasteiger partial charge in [-0.05, 0) is 12.1 Å². The van der Waals surface area contributed by atoms with E-state index in [2.05, 4.69) is 20.1 Å². The smallest absolute Gasteiger partial charge is 0.265 e. The number of phenolic OH excluding ortho intramolecular Hbond substituents is 1. The second kappa shape index (κ2) is 5.16. The molecule has 0 spiro atoms. The van der Waals surface area contributed by atoms with Gasteiger partial charge in [0.25, 0.3) is 5.89 Å². The van der Waals surface area contributed by atoms with Crippen LogP contribution in [-0.2, 0) is 0 Å². The summed E-state index contributed by atoms with van der Waals surface area (Å²) in [5, 5.41) is 13.4. The maximum Gasteiger partial charge on any atom is 0.265 e. The van der Waals surface area contributed by atoms with Crippen LogP contribution in [0.2, 0.25) is 0 Å². The fourth-order valence-corrected chi connectivity index (χ4v) is 1.73. The number of aromatic nitrogens is 4. The highest BCUT2D eigenvalue weighted by atomic mass is 19.1. The van der Waals surface area contributed by atoms with Gasteiger partial charge in [-0.1, -0.05) is 11.2 Å². The van der Waals surface area contributed by atoms with Crippen molar-refractivity contribution in [2.24, 2.45) is 0 Å². The molecule has 2 aromatic heterocycles. The molecule has 106 valence electrons. The highest BCUT2D eigenvalue weighted by Gasteiger charge is 2.18. The van der Waals surface area contributed by atoms with Gasteiger partial charge in [0.1, 0.15) is 29.2 Å². The lowest BCUT2D eigenvalue weighted by Crippen LogP contribution is -1.92. The monoisotopic (exact) mass is 288 g/mol. The largest absolute Gasteiger partial charge is 0.507 e. The second-order valence-electron chi connectivity index (χ2n) is 4.00. The van der Waals surface area contributed by atoms with Crippen molar-refractivity contribution in [2.75, 3.05) is 7.11 Å². The van der Waals surface area contributed by atoms with Crippen molar-refractivity contribution in [2.45, 2.75) is 0 Å². The number of phenols is 1. The molecule has 2 heterocycles. The molecule has 0 atom stereocenters. The zero-order valence-corrected chi connectivity index (χ0v) is 10.8. The average molecular weight is 288 g/mol. The molecule has 0 unspecified atom stereocenters. The first kappa shape index (κ1) is 13.0. The lowest BCUT2D eigenvalue weighted by Gasteiger charge is -1.99. The Hall–Kier alpha value is -3.03. The Bertz CT molecular complexity index is 770. The number of methoxy groups -OCH3 is 1. The first-order valence-corrected chi connectivity index (χ1v) is 5.87. The van der Waals surface area contributed by atoms with Crippen LogP contribution < -0.4 is 4.74 Å². The van der Waals surface area contributed by atoms with Crippen molar-refractivity contribution >= 4 is 0 Å². The Morgan fingerprint density at radius 3 is 2.90 bits per heavy atom. The Morgan fingerprint density at radius 2 is 2.14 bits per heavy atom. The fraction of sp³-hybridized carbons (Fsp3) is 0.0769. The van der Waals surface area contributed by atoms with Crippen LogP contribution in [0.4, 0.5) is 4.39 Å². The standard InChI is InChI=1S/C13H9FN4O3/c1-20-10-5-8(15-6-16-10)12-17-13(21-18-12)11-7(14)3-2-4-9(11)19/h2-6,19H,1H3. The maximum atomic E-state index is 13.7. The number of aromatic hydroxyl groups is 1. The molecule has 0 fully saturated rings. The Balaban J connectivity index is 2.04. The van der Waals surface area contributed by atoms with E-state index < -0.39 is 5.82 Å². The Kier molecular flexibility index (Phi) is 3.19. The van der Waals surface area contributed by atoms with E-state index in [-0.39, 0.29) is 23.0 Å². The summed E-state index contributed by atoms with van der Waals surface area (Å²) in [4.78, 5) is 11.9. The third kappa shape index (κ3) is 2.38. The molecule has 0 radical (unpaired) electrons. The predicted octanol–water partition coefficient (Wildman–Crippen LogP) is 2.05. The van der Waals surface area contributed by atoms with Gasteiger partial charge in [-0.25, -0.2) is 14.4 Å². The number of benzene rings is 1. The van der Waals surface area contributed by atoms with Crippen LogP contribution in [0, 0.1) is 5.82 Å². The second-order valence-corrected chi connectivity index (χ2v) is 4.00. The van der Waals surface area contributed by atoms with Gasteiger partial charge in [-0.15, -0.1) is 0 Å². The summed E-state index contributed by atoms with van der Waals surface area (Å²) in [7, 11) is 1.46. The van der Waals surface area contributed by atoms with E-state index in [1.807, 2.05) is 0 Å². The van der Waals surface area contributed by atoms with Gasteiger partial charge in [0.15, 0.2) is 0 Å². The molecule has 1 aromatic carbocycles. The minimum Gasteiger partial charge on any atom is -0.507 e. The number of rotatable bonds is 3. The summed E-state index contributed by atoms with van der Waals surface area (Å²) in [5.74, 6) is -0.623. The molecule has 7 nitrogen and oxygen atoms in total. The van der Waals surface area contributed by atoms with Crippen LogP contribution in [0.15, 0.2) is 35.1 Å². The molecule has 0 bridgehead atoms. The van der Waals surface area contributed by atoms with Gasteiger partial charge in [0.2, 0.25) is 11.7 Å². The van der Waals surface area contributed by atoms with E-state index >= 15 is 0 Å². The summed E-state index contributed by atoms with van der Waals surface area (Å²) in [5.41, 5.74) is 0.199. The molecule has 0 aliphatic heterocycles. The number of hydrogen-bond donors (Lipinski definition) is 1. The van der Waals surface area contributed by atoms with Crippen LogP contribution in [-0.4, -0.2) is 32.3 Å². The Labute approximate surface area is 118 Å². The van der Waals surface area contributed by atoms with Crippen LogP contribution in [0.5, 0.6) is 11.6 Å². The first-order valence-electron chi connectivity index (χ1n) is 5.87. The molecule has 3 rings (SSSR count). The Morgan fingerprint density at radius 1 is 1.29 bits per heavy atom. The lowest BCUT2D eigenvalue weighted by molar-refractivity contribution is 0.397. The number of nitrogens with zero attached hydrogens (tertiary/aromatic N) is 4. The normalized spacial score (nSPS) is 10.6. The minimum absolute atomic E-state index is 0.133. The fourth-order valence-electron chi connectivity index (χ4n) is 1.73. The van der Waals surface area contributed by atoms with Crippen LogP contribution in [0.25, 0.3) is 23.0 Å². The van der Waals surface area contributed by atoms with Crippen LogP contribution in [0.1, 0.15) is 0 Å². The molecule has 0 amide bonds. The third-order valence-corrected chi connectivity index (χ3v) is 2.71. The van der Waals surface area contributed by atoms with Crippen molar-refractivity contribution in [1.29, 1.82) is 0 Å². The molecular weight excluding hydrogens is 279 g/mol. The van der Waals surface area contributed by atoms with Crippen molar-refractivity contribution in [3.05, 3.63) is 36.4 Å². The van der Waals surface area contributed by atoms with Gasteiger partial charge >= 0.3 is 0 Å². The van der Waals surface area contributed by atoms with Crippen molar-refractivity contribution in [3.8, 4) is 34.6 Å². The molecule has 21 heavy (non-hydrogen) atoms. The summed E-state index contributed by atoms with van der Waals surface area (Å²) in [6.45, 7) is 0. The zero-order chi connectivity index (χ0) is 14.8. The van der Waals surface area contributed by atoms with Gasteiger partial charge < -0.3 is 14.4 Å². The van der Waals surface area contributed by atoms with E-state index in [4.69, 9.17) is 9.26 Å². The average Bonchev–Trinajstić information content (AvgIpc) is 2.97. The molecule has 1 N–H and O–H groups in total. The predicted molar refractivity (Wildman–Crippen MR) is 68.9 cm³/mol. The highest BCUT2D eigenvalue weighted by Crippen LogP contribution is 2.31. The topological polar surface area (TPSA) is 94.2 Å². The van der Waals surface area contributed by atoms with Crippen molar-refractivity contribution in [1.82, 2.24) is 20.1 Å². The molecule has 0 saturated heterocycles. The SMILES string of the molecule is COc1cc(-c2noc(-c3c(O)cccc3F)n2)ncn1. The van der Waals surface area contributed by atoms with Crippen LogP contribution >= 0.6 is 0 Å². The minimum atomic E-state index is -0.662. The summed E-state index contributed by atoms with van der Waals surface area (Å²) in [6, 6.07) is 5.40. The summed E-state index contributed by atoms with van der Waals surface area (Å²) >= 11 is 0. The molecular formula is C13H9FN4O3. The number of hydrogen-bond acceptors (Lipinski definition) is 7. The molecule has 3 aromatic rings. The first-order chi connectivity index (χ1) is 10.2. The van der Waals surface area contributed by atoms with Gasteiger partial charge in [-0.3, -0.25) is 0 Å². The van der Waals surface area contributed by atoms with E-state index in [0.717, 1.165) is 0 Å². The lowest BCUT2D eigenvalue weighted by atomic mass is 10.2. The molecule has 0 aliphatic rings. The van der Waals surface area contributed by atoms with E-state index in [0.29, 0.717) is 11.6 Å². The zero-order valence-electron chi connectivity index (χ0n) is 10.8. The van der Waals surface area contributed by atoms with Crippen molar-refractivity contribution in [3.63, 3.8) is 0 Å². The molecule has 0 saturated carbocycles. The number of halogens is 1. The summed E-state index contributed by atoms with van der Waals surface area (Å²) < 4.78 is 23.7. The molecule has 0 aliphatic carbocycles. The van der Waals surface area contributed by atoms with Crippen LogP contribution in [0.3, 0.4) is 0 Å². The van der Waals surface area contributed by atoms with Crippen molar-refractivity contribution < 1.29 is 18.8 Å². The van der Waals surface area contributed by atoms with Gasteiger partial charge in [0, 0.05) is 6.07 Å². The van der Waals surface area contributed by atoms with E-state index in [1.165, 1.54) is 37.7 Å². The maximum absolute atomic E-state index is 13.7. The van der Waals surface area contributed by atoms with Gasteiger partial charge in [-0.2, -0.15) is 4.98 Å². The summed E-state index contributed by atoms with van der Waals surface area (Å²) in [6.07, 6.45) is 1.28. The number of ether oxygens (including phenoxy) is 1. The van der Waals surface area contributed by atoms with E-state index in [1.54, 1.807) is 0 Å². The highest BCUT2D eigenvalue weighted by molar-refractivity contribution is 5.64.